The van der Waals surface area contributed by atoms with Gasteiger partial charge < -0.3 is 14.4 Å². The van der Waals surface area contributed by atoms with Gasteiger partial charge in [-0.2, -0.15) is 0 Å². The van der Waals surface area contributed by atoms with Gasteiger partial charge in [0.2, 0.25) is 5.91 Å². The highest BCUT2D eigenvalue weighted by molar-refractivity contribution is 6.12. The Morgan fingerprint density at radius 2 is 1.88 bits per heavy atom. The van der Waals surface area contributed by atoms with Crippen molar-refractivity contribution < 1.29 is 23.9 Å². The minimum atomic E-state index is -0.837. The second kappa shape index (κ2) is 7.25. The molecule has 25 heavy (non-hydrogen) atoms. The van der Waals surface area contributed by atoms with Gasteiger partial charge >= 0.3 is 5.97 Å². The van der Waals surface area contributed by atoms with Crippen LogP contribution in [0, 0.1) is 5.92 Å². The maximum atomic E-state index is 13.1. The van der Waals surface area contributed by atoms with Crippen molar-refractivity contribution in [2.24, 2.45) is 5.92 Å². The van der Waals surface area contributed by atoms with Gasteiger partial charge in [0.15, 0.2) is 5.78 Å². The molecule has 0 saturated heterocycles. The number of Topliss-reactive ketones (excluding diaryl/α,β-unsaturated/α-hetero) is 1. The minimum absolute atomic E-state index is 0.0677. The molecule has 1 atom stereocenters. The van der Waals surface area contributed by atoms with Crippen LogP contribution in [0.2, 0.25) is 0 Å². The molecule has 0 aromatic heterocycles. The molecule has 1 aromatic rings. The summed E-state index contributed by atoms with van der Waals surface area (Å²) in [5.41, 5.74) is 0.108. The molecule has 1 heterocycles. The van der Waals surface area contributed by atoms with Gasteiger partial charge in [0, 0.05) is 12.5 Å². The van der Waals surface area contributed by atoms with Gasteiger partial charge in [0.05, 0.1) is 36.8 Å². The molecule has 1 aliphatic heterocycles. The lowest BCUT2D eigenvalue weighted by Gasteiger charge is -2.47. The zero-order valence-electron chi connectivity index (χ0n) is 15.4. The minimum Gasteiger partial charge on any atom is -0.494 e. The Hall–Kier alpha value is -2.37. The molecule has 1 amide bonds. The van der Waals surface area contributed by atoms with Crippen LogP contribution in [-0.2, 0) is 14.3 Å². The van der Waals surface area contributed by atoms with Crippen molar-refractivity contribution in [3.05, 3.63) is 23.8 Å². The normalized spacial score (nSPS) is 18.5. The lowest BCUT2D eigenvalue weighted by molar-refractivity contribution is -0.144. The molecule has 0 N–H and O–H groups in total. The van der Waals surface area contributed by atoms with Crippen molar-refractivity contribution in [1.82, 2.24) is 0 Å². The number of hydrogen-bond donors (Lipinski definition) is 0. The van der Waals surface area contributed by atoms with Crippen LogP contribution in [-0.4, -0.2) is 36.4 Å². The zero-order valence-corrected chi connectivity index (χ0v) is 15.4. The fourth-order valence-electron chi connectivity index (χ4n) is 3.44. The van der Waals surface area contributed by atoms with E-state index >= 15 is 0 Å². The summed E-state index contributed by atoms with van der Waals surface area (Å²) in [6.07, 6.45) is -0.0677. The Kier molecular flexibility index (Phi) is 5.50. The number of hydrogen-bond acceptors (Lipinski definition) is 5. The highest BCUT2D eigenvalue weighted by Crippen LogP contribution is 2.43. The van der Waals surface area contributed by atoms with Gasteiger partial charge in [-0.25, -0.2) is 0 Å². The molecule has 0 spiro atoms. The first-order chi connectivity index (χ1) is 11.7. The van der Waals surface area contributed by atoms with E-state index in [9.17, 15) is 14.4 Å². The summed E-state index contributed by atoms with van der Waals surface area (Å²) in [6.45, 7) is 9.36. The fourth-order valence-corrected chi connectivity index (χ4v) is 3.44. The highest BCUT2D eigenvalue weighted by Gasteiger charge is 2.48. The van der Waals surface area contributed by atoms with E-state index in [0.29, 0.717) is 23.6 Å². The van der Waals surface area contributed by atoms with Crippen LogP contribution in [0.1, 0.15) is 51.4 Å². The molecule has 6 heteroatoms. The molecule has 0 radical (unpaired) electrons. The summed E-state index contributed by atoms with van der Waals surface area (Å²) < 4.78 is 10.5. The van der Waals surface area contributed by atoms with E-state index in [1.54, 1.807) is 43.9 Å². The van der Waals surface area contributed by atoms with Crippen LogP contribution in [0.3, 0.4) is 0 Å². The third-order valence-electron chi connectivity index (χ3n) is 4.52. The molecule has 136 valence electrons. The topological polar surface area (TPSA) is 72.9 Å². The lowest BCUT2D eigenvalue weighted by atomic mass is 9.74. The summed E-state index contributed by atoms with van der Waals surface area (Å²) in [5, 5.41) is 0. The average molecular weight is 347 g/mol. The van der Waals surface area contributed by atoms with Crippen molar-refractivity contribution in [1.29, 1.82) is 0 Å². The van der Waals surface area contributed by atoms with E-state index in [1.165, 1.54) is 6.92 Å². The Morgan fingerprint density at radius 3 is 2.44 bits per heavy atom. The number of carbonyl (C=O) groups is 3. The summed E-state index contributed by atoms with van der Waals surface area (Å²) in [7, 11) is 0. The molecule has 1 aliphatic rings. The van der Waals surface area contributed by atoms with Crippen LogP contribution in [0.5, 0.6) is 5.75 Å². The third kappa shape index (κ3) is 3.52. The fraction of sp³-hybridized carbons (Fsp3) is 0.526. The Labute approximate surface area is 148 Å². The van der Waals surface area contributed by atoms with Crippen LogP contribution >= 0.6 is 0 Å². The Bertz CT molecular complexity index is 695. The van der Waals surface area contributed by atoms with Gasteiger partial charge in [-0.3, -0.25) is 14.4 Å². The SMILES string of the molecule is CCOC(=O)CC1C(=O)c2cc(OCC)ccc2N(C(C)=O)C1(C)C. The van der Waals surface area contributed by atoms with E-state index < -0.39 is 17.4 Å². The maximum absolute atomic E-state index is 13.1. The van der Waals surface area contributed by atoms with Crippen molar-refractivity contribution in [2.75, 3.05) is 18.1 Å². The van der Waals surface area contributed by atoms with E-state index in [1.807, 2.05) is 6.92 Å². The molecule has 1 aromatic carbocycles. The van der Waals surface area contributed by atoms with E-state index in [0.717, 1.165) is 0 Å². The Morgan fingerprint density at radius 1 is 1.20 bits per heavy atom. The van der Waals surface area contributed by atoms with Gasteiger partial charge in [0.1, 0.15) is 5.75 Å². The predicted octanol–water partition coefficient (Wildman–Crippen LogP) is 2.98. The maximum Gasteiger partial charge on any atom is 0.306 e. The molecular formula is C19H25NO5. The van der Waals surface area contributed by atoms with Gasteiger partial charge in [-0.1, -0.05) is 0 Å². The second-order valence-corrected chi connectivity index (χ2v) is 6.55. The van der Waals surface area contributed by atoms with Crippen molar-refractivity contribution >= 4 is 23.3 Å². The monoisotopic (exact) mass is 347 g/mol. The molecule has 0 bridgehead atoms. The molecule has 2 rings (SSSR count). The summed E-state index contributed by atoms with van der Waals surface area (Å²) in [5.74, 6) is -0.918. The number of amides is 1. The van der Waals surface area contributed by atoms with E-state index in [2.05, 4.69) is 0 Å². The number of nitrogens with zero attached hydrogens (tertiary/aromatic N) is 1. The van der Waals surface area contributed by atoms with E-state index in [-0.39, 0.29) is 24.7 Å². The van der Waals surface area contributed by atoms with Crippen LogP contribution in [0.25, 0.3) is 0 Å². The molecule has 6 nitrogen and oxygen atoms in total. The van der Waals surface area contributed by atoms with Gasteiger partial charge in [0.25, 0.3) is 0 Å². The molecular weight excluding hydrogens is 322 g/mol. The standard InChI is InChI=1S/C19H25NO5/c1-6-24-13-8-9-16-14(10-13)18(23)15(11-17(22)25-7-2)19(4,5)20(16)12(3)21/h8-10,15H,6-7,11H2,1-5H3. The highest BCUT2D eigenvalue weighted by atomic mass is 16.5. The first-order valence-electron chi connectivity index (χ1n) is 8.51. The number of benzene rings is 1. The number of esters is 1. The predicted molar refractivity (Wildman–Crippen MR) is 93.9 cm³/mol. The van der Waals surface area contributed by atoms with Gasteiger partial charge in [-0.15, -0.1) is 0 Å². The molecule has 0 aliphatic carbocycles. The van der Waals surface area contributed by atoms with Crippen LogP contribution in [0.15, 0.2) is 18.2 Å². The molecule has 1 unspecified atom stereocenters. The average Bonchev–Trinajstić information content (AvgIpc) is 2.52. The first-order valence-corrected chi connectivity index (χ1v) is 8.51. The zero-order chi connectivity index (χ0) is 18.8. The van der Waals surface area contributed by atoms with E-state index in [4.69, 9.17) is 9.47 Å². The van der Waals surface area contributed by atoms with Crippen molar-refractivity contribution in [2.45, 2.75) is 46.6 Å². The number of ketones is 1. The largest absolute Gasteiger partial charge is 0.494 e. The quantitative estimate of drug-likeness (QED) is 0.766. The second-order valence-electron chi connectivity index (χ2n) is 6.55. The first kappa shape index (κ1) is 19.0. The summed E-state index contributed by atoms with van der Waals surface area (Å²) in [6, 6.07) is 5.11. The smallest absolute Gasteiger partial charge is 0.306 e. The number of anilines is 1. The van der Waals surface area contributed by atoms with Crippen LogP contribution in [0.4, 0.5) is 5.69 Å². The van der Waals surface area contributed by atoms with Crippen molar-refractivity contribution in [3.8, 4) is 5.75 Å². The lowest BCUT2D eigenvalue weighted by Crippen LogP contribution is -2.58. The summed E-state index contributed by atoms with van der Waals surface area (Å²) >= 11 is 0. The van der Waals surface area contributed by atoms with Gasteiger partial charge in [-0.05, 0) is 45.9 Å². The number of ether oxygens (including phenoxy) is 2. The molecule has 0 saturated carbocycles. The number of fused-ring (bicyclic) bond motifs is 1. The third-order valence-corrected chi connectivity index (χ3v) is 4.52. The van der Waals surface area contributed by atoms with Crippen molar-refractivity contribution in [3.63, 3.8) is 0 Å². The van der Waals surface area contributed by atoms with Crippen LogP contribution < -0.4 is 9.64 Å². The molecule has 0 fully saturated rings. The Balaban J connectivity index is 2.54. The number of carbonyl (C=O) groups excluding carboxylic acids is 3. The summed E-state index contributed by atoms with van der Waals surface area (Å²) in [4.78, 5) is 39.0. The number of rotatable bonds is 5.